The van der Waals surface area contributed by atoms with Crippen molar-refractivity contribution in [1.82, 2.24) is 0 Å². The maximum absolute atomic E-state index is 12.4. The number of ketones is 1. The van der Waals surface area contributed by atoms with Gasteiger partial charge >= 0.3 is 0 Å². The topological polar surface area (TPSA) is 65.0 Å². The fraction of sp³-hybridized carbons (Fsp3) is 0.188. The molecule has 0 saturated heterocycles. The van der Waals surface area contributed by atoms with Crippen LogP contribution in [0.25, 0.3) is 0 Å². The first-order valence-corrected chi connectivity index (χ1v) is 6.49. The molecule has 1 N–H and O–H groups in total. The second kappa shape index (κ2) is 5.36. The van der Waals surface area contributed by atoms with Crippen LogP contribution in [0.2, 0.25) is 0 Å². The molecule has 1 atom stereocenters. The molecule has 0 aromatic heterocycles. The van der Waals surface area contributed by atoms with Crippen molar-refractivity contribution < 1.29 is 24.1 Å². The lowest BCUT2D eigenvalue weighted by Gasteiger charge is -2.25. The molecule has 21 heavy (non-hydrogen) atoms. The van der Waals surface area contributed by atoms with Gasteiger partial charge in [-0.25, -0.2) is 0 Å². The van der Waals surface area contributed by atoms with Crippen LogP contribution in [0.5, 0.6) is 23.0 Å². The van der Waals surface area contributed by atoms with Crippen molar-refractivity contribution in [3.63, 3.8) is 0 Å². The Morgan fingerprint density at radius 2 is 1.95 bits per heavy atom. The van der Waals surface area contributed by atoms with E-state index in [0.29, 0.717) is 22.8 Å². The molecule has 0 spiro atoms. The average Bonchev–Trinajstić information content (AvgIpc) is 2.50. The number of aromatic hydroxyl groups is 1. The van der Waals surface area contributed by atoms with Gasteiger partial charge in [0.2, 0.25) is 5.78 Å². The number of carbonyl (C=O) groups excluding carboxylic acids is 1. The summed E-state index contributed by atoms with van der Waals surface area (Å²) in [6, 6.07) is 11.5. The number of fused-ring (bicyclic) bond motifs is 1. The average molecular weight is 286 g/mol. The van der Waals surface area contributed by atoms with E-state index in [4.69, 9.17) is 14.2 Å². The molecular formula is C16H14O5. The number of benzene rings is 2. The van der Waals surface area contributed by atoms with E-state index in [9.17, 15) is 9.90 Å². The number of phenolic OH excluding ortho intramolecular Hbond substituents is 1. The fourth-order valence-corrected chi connectivity index (χ4v) is 2.21. The van der Waals surface area contributed by atoms with Crippen molar-refractivity contribution in [2.24, 2.45) is 0 Å². The third kappa shape index (κ3) is 2.50. The van der Waals surface area contributed by atoms with E-state index < -0.39 is 6.10 Å². The van der Waals surface area contributed by atoms with Crippen molar-refractivity contribution in [2.75, 3.05) is 13.7 Å². The normalized spacial score (nSPS) is 16.8. The number of phenols is 1. The van der Waals surface area contributed by atoms with Crippen LogP contribution in [0.15, 0.2) is 42.5 Å². The van der Waals surface area contributed by atoms with Gasteiger partial charge in [-0.1, -0.05) is 12.1 Å². The van der Waals surface area contributed by atoms with E-state index in [2.05, 4.69) is 0 Å². The Morgan fingerprint density at radius 1 is 1.19 bits per heavy atom. The van der Waals surface area contributed by atoms with Crippen LogP contribution in [0, 0.1) is 0 Å². The molecule has 5 nitrogen and oxygen atoms in total. The van der Waals surface area contributed by atoms with Gasteiger partial charge < -0.3 is 19.3 Å². The van der Waals surface area contributed by atoms with Crippen LogP contribution in [0.3, 0.4) is 0 Å². The minimum absolute atomic E-state index is 0.0608. The zero-order chi connectivity index (χ0) is 14.8. The lowest BCUT2D eigenvalue weighted by Crippen LogP contribution is -2.37. The molecular weight excluding hydrogens is 272 g/mol. The summed E-state index contributed by atoms with van der Waals surface area (Å²) in [5.41, 5.74) is 0.402. The van der Waals surface area contributed by atoms with E-state index in [0.717, 1.165) is 0 Å². The third-order valence-electron chi connectivity index (χ3n) is 3.25. The maximum Gasteiger partial charge on any atom is 0.210 e. The van der Waals surface area contributed by atoms with Gasteiger partial charge in [0.25, 0.3) is 0 Å². The van der Waals surface area contributed by atoms with E-state index in [-0.39, 0.29) is 18.1 Å². The molecule has 0 saturated carbocycles. The second-order valence-corrected chi connectivity index (χ2v) is 4.61. The van der Waals surface area contributed by atoms with Crippen molar-refractivity contribution in [3.05, 3.63) is 48.0 Å². The molecule has 0 amide bonds. The molecule has 0 fully saturated rings. The molecule has 2 aromatic rings. The molecule has 1 aliphatic heterocycles. The highest BCUT2D eigenvalue weighted by atomic mass is 16.6. The molecule has 0 bridgehead atoms. The summed E-state index contributed by atoms with van der Waals surface area (Å²) in [4.78, 5) is 12.4. The summed E-state index contributed by atoms with van der Waals surface area (Å²) in [5, 5.41) is 9.40. The highest BCUT2D eigenvalue weighted by Crippen LogP contribution is 2.32. The summed E-state index contributed by atoms with van der Waals surface area (Å²) in [5.74, 6) is 1.30. The molecule has 108 valence electrons. The Kier molecular flexibility index (Phi) is 3.39. The summed E-state index contributed by atoms with van der Waals surface area (Å²) in [6.45, 7) is 0.0906. The first kappa shape index (κ1) is 13.3. The monoisotopic (exact) mass is 286 g/mol. The van der Waals surface area contributed by atoms with E-state index >= 15 is 0 Å². The Morgan fingerprint density at radius 3 is 2.71 bits per heavy atom. The van der Waals surface area contributed by atoms with E-state index in [1.807, 2.05) is 6.07 Å². The quantitative estimate of drug-likeness (QED) is 0.938. The molecule has 2 aromatic carbocycles. The lowest BCUT2D eigenvalue weighted by molar-refractivity contribution is 0.0621. The van der Waals surface area contributed by atoms with Crippen LogP contribution in [0.4, 0.5) is 0 Å². The largest absolute Gasteiger partial charge is 0.508 e. The predicted molar refractivity (Wildman–Crippen MR) is 75.3 cm³/mol. The number of hydrogen-bond acceptors (Lipinski definition) is 5. The van der Waals surface area contributed by atoms with Crippen LogP contribution >= 0.6 is 0 Å². The number of ether oxygens (including phenoxy) is 3. The molecule has 0 aliphatic carbocycles. The molecule has 1 heterocycles. The minimum Gasteiger partial charge on any atom is -0.508 e. The van der Waals surface area contributed by atoms with Crippen LogP contribution in [-0.2, 0) is 0 Å². The Balaban J connectivity index is 1.85. The molecule has 5 heteroatoms. The Labute approximate surface area is 121 Å². The first-order chi connectivity index (χ1) is 10.2. The van der Waals surface area contributed by atoms with E-state index in [1.54, 1.807) is 25.3 Å². The van der Waals surface area contributed by atoms with Crippen molar-refractivity contribution in [2.45, 2.75) is 6.10 Å². The fourth-order valence-electron chi connectivity index (χ4n) is 2.21. The summed E-state index contributed by atoms with van der Waals surface area (Å²) >= 11 is 0. The zero-order valence-electron chi connectivity index (χ0n) is 11.4. The van der Waals surface area contributed by atoms with Crippen molar-refractivity contribution >= 4 is 5.78 Å². The number of carbonyl (C=O) groups is 1. The highest BCUT2D eigenvalue weighted by molar-refractivity contribution is 6.03. The number of hydrogen-bond donors (Lipinski definition) is 1. The molecule has 1 unspecified atom stereocenters. The first-order valence-electron chi connectivity index (χ1n) is 6.49. The van der Waals surface area contributed by atoms with Crippen LogP contribution in [-0.4, -0.2) is 30.7 Å². The number of para-hydroxylation sites is 2. The van der Waals surface area contributed by atoms with Gasteiger partial charge in [0.1, 0.15) is 18.1 Å². The van der Waals surface area contributed by atoms with Gasteiger partial charge in [-0.15, -0.1) is 0 Å². The number of methoxy groups -OCH3 is 1. The van der Waals surface area contributed by atoms with Crippen LogP contribution in [0.1, 0.15) is 10.4 Å². The molecule has 0 radical (unpaired) electrons. The zero-order valence-corrected chi connectivity index (χ0v) is 11.4. The molecule has 1 aliphatic rings. The number of Topliss-reactive ketones (excluding diaryl/α,β-unsaturated/α-hetero) is 1. The van der Waals surface area contributed by atoms with Crippen molar-refractivity contribution in [3.8, 4) is 23.0 Å². The highest BCUT2D eigenvalue weighted by Gasteiger charge is 2.31. The number of rotatable bonds is 3. The SMILES string of the molecule is COc1ccccc1OC1COc2cc(O)ccc2C1=O. The van der Waals surface area contributed by atoms with Gasteiger partial charge in [-0.2, -0.15) is 0 Å². The van der Waals surface area contributed by atoms with E-state index in [1.165, 1.54) is 18.2 Å². The lowest BCUT2D eigenvalue weighted by atomic mass is 10.0. The van der Waals surface area contributed by atoms with Crippen molar-refractivity contribution in [1.29, 1.82) is 0 Å². The van der Waals surface area contributed by atoms with Gasteiger partial charge in [-0.05, 0) is 24.3 Å². The Hall–Kier alpha value is -2.69. The predicted octanol–water partition coefficient (Wildman–Crippen LogP) is 2.42. The van der Waals surface area contributed by atoms with Crippen LogP contribution < -0.4 is 14.2 Å². The smallest absolute Gasteiger partial charge is 0.210 e. The summed E-state index contributed by atoms with van der Waals surface area (Å²) in [7, 11) is 1.54. The third-order valence-corrected chi connectivity index (χ3v) is 3.25. The summed E-state index contributed by atoms with van der Waals surface area (Å²) in [6.07, 6.45) is -0.738. The standard InChI is InChI=1S/C16H14O5/c1-19-12-4-2-3-5-13(12)21-15-9-20-14-8-10(17)6-7-11(14)16(15)18/h2-8,15,17H,9H2,1H3. The summed E-state index contributed by atoms with van der Waals surface area (Å²) < 4.78 is 16.4. The van der Waals surface area contributed by atoms with Gasteiger partial charge in [0, 0.05) is 6.07 Å². The maximum atomic E-state index is 12.4. The molecule has 3 rings (SSSR count). The Bertz CT molecular complexity index is 680. The minimum atomic E-state index is -0.738. The van der Waals surface area contributed by atoms with Gasteiger partial charge in [0.05, 0.1) is 12.7 Å². The van der Waals surface area contributed by atoms with Gasteiger partial charge in [-0.3, -0.25) is 4.79 Å². The van der Waals surface area contributed by atoms with Gasteiger partial charge in [0.15, 0.2) is 17.6 Å². The second-order valence-electron chi connectivity index (χ2n) is 4.61.